The molecule has 0 atom stereocenters. The van der Waals surface area contributed by atoms with Crippen LogP contribution in [0.15, 0.2) is 0 Å². The van der Waals surface area contributed by atoms with E-state index in [4.69, 9.17) is 5.11 Å². The molecule has 96 valence electrons. The second kappa shape index (κ2) is 6.48. The summed E-state index contributed by atoms with van der Waals surface area (Å²) in [7, 11) is 0. The molecule has 17 heavy (non-hydrogen) atoms. The second-order valence-electron chi connectivity index (χ2n) is 3.78. The molecule has 1 aliphatic heterocycles. The van der Waals surface area contributed by atoms with Crippen molar-refractivity contribution in [2.45, 2.75) is 13.3 Å². The van der Waals surface area contributed by atoms with E-state index in [2.05, 4.69) is 0 Å². The minimum Gasteiger partial charge on any atom is -0.480 e. The first-order valence-corrected chi connectivity index (χ1v) is 6.55. The Morgan fingerprint density at radius 1 is 1.53 bits per heavy atom. The van der Waals surface area contributed by atoms with E-state index >= 15 is 0 Å². The van der Waals surface area contributed by atoms with Crippen molar-refractivity contribution in [1.29, 1.82) is 0 Å². The molecule has 7 heteroatoms. The van der Waals surface area contributed by atoms with E-state index in [9.17, 15) is 14.4 Å². The van der Waals surface area contributed by atoms with Crippen LogP contribution in [0.5, 0.6) is 0 Å². The average Bonchev–Trinajstić information content (AvgIpc) is 2.63. The first-order valence-electron chi connectivity index (χ1n) is 5.39. The Kier molecular flexibility index (Phi) is 5.27. The topological polar surface area (TPSA) is 77.9 Å². The van der Waals surface area contributed by atoms with Crippen LogP contribution in [0, 0.1) is 0 Å². The third-order valence-corrected chi connectivity index (χ3v) is 3.27. The number of hydrogen-bond donors (Lipinski definition) is 1. The van der Waals surface area contributed by atoms with Crippen LogP contribution >= 0.6 is 11.8 Å². The van der Waals surface area contributed by atoms with Crippen molar-refractivity contribution < 1.29 is 19.5 Å². The predicted octanol–water partition coefficient (Wildman–Crippen LogP) is -0.157. The van der Waals surface area contributed by atoms with Gasteiger partial charge in [-0.15, -0.1) is 11.8 Å². The maximum Gasteiger partial charge on any atom is 0.323 e. The molecule has 0 radical (unpaired) electrons. The third-order valence-electron chi connectivity index (χ3n) is 2.32. The van der Waals surface area contributed by atoms with Crippen molar-refractivity contribution in [2.75, 3.05) is 31.3 Å². The van der Waals surface area contributed by atoms with Crippen LogP contribution < -0.4 is 0 Å². The molecule has 0 aromatic carbocycles. The third kappa shape index (κ3) is 4.26. The van der Waals surface area contributed by atoms with Gasteiger partial charge in [0.1, 0.15) is 13.1 Å². The number of nitrogens with zero attached hydrogens (tertiary/aromatic N) is 2. The van der Waals surface area contributed by atoms with Crippen LogP contribution in [0.3, 0.4) is 0 Å². The minimum atomic E-state index is -1.03. The van der Waals surface area contributed by atoms with E-state index in [0.717, 1.165) is 0 Å². The number of hydrogen-bond acceptors (Lipinski definition) is 4. The normalized spacial score (nSPS) is 15.1. The highest BCUT2D eigenvalue weighted by atomic mass is 32.2. The van der Waals surface area contributed by atoms with Crippen LogP contribution in [-0.2, 0) is 14.4 Å². The molecule has 1 N–H and O–H groups in total. The number of carboxylic acid groups (broad SMARTS) is 1. The van der Waals surface area contributed by atoms with E-state index in [-0.39, 0.29) is 24.9 Å². The van der Waals surface area contributed by atoms with Gasteiger partial charge in [-0.25, -0.2) is 0 Å². The Balaban J connectivity index is 2.51. The summed E-state index contributed by atoms with van der Waals surface area (Å²) in [6, 6.07) is 0. The van der Waals surface area contributed by atoms with Gasteiger partial charge in [0.2, 0.25) is 11.8 Å². The van der Waals surface area contributed by atoms with Crippen LogP contribution in [0.2, 0.25) is 0 Å². The molecule has 0 saturated carbocycles. The zero-order chi connectivity index (χ0) is 12.8. The summed E-state index contributed by atoms with van der Waals surface area (Å²) >= 11 is 1.46. The lowest BCUT2D eigenvalue weighted by atomic mass is 10.3. The van der Waals surface area contributed by atoms with Crippen molar-refractivity contribution >= 4 is 29.5 Å². The quantitative estimate of drug-likeness (QED) is 0.718. The van der Waals surface area contributed by atoms with E-state index < -0.39 is 5.97 Å². The Labute approximate surface area is 104 Å². The van der Waals surface area contributed by atoms with Crippen molar-refractivity contribution in [3.8, 4) is 0 Å². The van der Waals surface area contributed by atoms with Gasteiger partial charge in [-0.05, 0) is 6.42 Å². The largest absolute Gasteiger partial charge is 0.480 e. The molecule has 0 aromatic heterocycles. The number of rotatable bonds is 6. The van der Waals surface area contributed by atoms with Gasteiger partial charge in [-0.1, -0.05) is 6.92 Å². The molecule has 0 bridgehead atoms. The number of thioether (sulfide) groups is 1. The zero-order valence-electron chi connectivity index (χ0n) is 9.72. The van der Waals surface area contributed by atoms with Gasteiger partial charge < -0.3 is 14.9 Å². The first kappa shape index (κ1) is 13.8. The van der Waals surface area contributed by atoms with Gasteiger partial charge in [0, 0.05) is 6.54 Å². The van der Waals surface area contributed by atoms with E-state index in [1.165, 1.54) is 21.6 Å². The number of aliphatic carboxylic acids is 1. The molecule has 6 nitrogen and oxygen atoms in total. The predicted molar refractivity (Wildman–Crippen MR) is 63.5 cm³/mol. The fraction of sp³-hybridized carbons (Fsp3) is 0.700. The fourth-order valence-corrected chi connectivity index (χ4v) is 2.43. The Morgan fingerprint density at radius 2 is 2.24 bits per heavy atom. The molecule has 1 aliphatic rings. The van der Waals surface area contributed by atoms with Crippen molar-refractivity contribution in [1.82, 2.24) is 9.80 Å². The molecule has 0 spiro atoms. The molecule has 1 rings (SSSR count). The van der Waals surface area contributed by atoms with Gasteiger partial charge in [0.25, 0.3) is 0 Å². The molecule has 0 unspecified atom stereocenters. The Hall–Kier alpha value is -1.24. The van der Waals surface area contributed by atoms with Gasteiger partial charge in [0.15, 0.2) is 0 Å². The lowest BCUT2D eigenvalue weighted by Crippen LogP contribution is -2.43. The molecular formula is C10H16N2O4S. The zero-order valence-corrected chi connectivity index (χ0v) is 10.5. The van der Waals surface area contributed by atoms with Crippen LogP contribution in [-0.4, -0.2) is 64.0 Å². The molecule has 2 amide bonds. The summed E-state index contributed by atoms with van der Waals surface area (Å²) in [5, 5.41) is 8.69. The molecule has 0 aromatic rings. The monoisotopic (exact) mass is 260 g/mol. The number of carbonyl (C=O) groups is 3. The molecule has 1 saturated heterocycles. The lowest BCUT2D eigenvalue weighted by Gasteiger charge is -2.23. The average molecular weight is 260 g/mol. The highest BCUT2D eigenvalue weighted by Gasteiger charge is 2.25. The Morgan fingerprint density at radius 3 is 2.71 bits per heavy atom. The van der Waals surface area contributed by atoms with E-state index in [1.807, 2.05) is 6.92 Å². The number of amides is 2. The second-order valence-corrected chi connectivity index (χ2v) is 4.73. The van der Waals surface area contributed by atoms with Crippen molar-refractivity contribution in [3.63, 3.8) is 0 Å². The highest BCUT2D eigenvalue weighted by molar-refractivity contribution is 8.00. The summed E-state index contributed by atoms with van der Waals surface area (Å²) < 4.78 is 0. The molecule has 1 heterocycles. The summed E-state index contributed by atoms with van der Waals surface area (Å²) in [5.74, 6) is -0.480. The van der Waals surface area contributed by atoms with Gasteiger partial charge in [-0.2, -0.15) is 0 Å². The molecule has 1 fully saturated rings. The molecule has 0 aliphatic carbocycles. The summed E-state index contributed by atoms with van der Waals surface area (Å²) in [4.78, 5) is 36.5. The fourth-order valence-electron chi connectivity index (χ4n) is 1.53. The maximum atomic E-state index is 11.8. The highest BCUT2D eigenvalue weighted by Crippen LogP contribution is 2.14. The van der Waals surface area contributed by atoms with Crippen LogP contribution in [0.4, 0.5) is 0 Å². The van der Waals surface area contributed by atoms with Gasteiger partial charge >= 0.3 is 5.97 Å². The van der Waals surface area contributed by atoms with E-state index in [0.29, 0.717) is 24.6 Å². The standard InChI is InChI=1S/C10H16N2O4S/c1-2-3-11(5-10(15)16)8(13)4-12-7-17-6-9(12)14/h2-7H2,1H3,(H,15,16). The smallest absolute Gasteiger partial charge is 0.323 e. The maximum absolute atomic E-state index is 11.8. The summed E-state index contributed by atoms with van der Waals surface area (Å²) in [6.07, 6.45) is 0.696. The van der Waals surface area contributed by atoms with Crippen LogP contribution in [0.1, 0.15) is 13.3 Å². The number of carboxylic acids is 1. The number of carbonyl (C=O) groups excluding carboxylic acids is 2. The summed E-state index contributed by atoms with van der Waals surface area (Å²) in [5.41, 5.74) is 0. The van der Waals surface area contributed by atoms with Crippen molar-refractivity contribution in [2.24, 2.45) is 0 Å². The van der Waals surface area contributed by atoms with Gasteiger partial charge in [-0.3, -0.25) is 14.4 Å². The first-order chi connectivity index (χ1) is 8.04. The Bertz CT molecular complexity index is 321. The van der Waals surface area contributed by atoms with E-state index in [1.54, 1.807) is 0 Å². The lowest BCUT2D eigenvalue weighted by molar-refractivity contribution is -0.145. The van der Waals surface area contributed by atoms with Gasteiger partial charge in [0.05, 0.1) is 11.6 Å². The SMILES string of the molecule is CCCN(CC(=O)O)C(=O)CN1CSCC1=O. The minimum absolute atomic E-state index is 0.0148. The van der Waals surface area contributed by atoms with Crippen molar-refractivity contribution in [3.05, 3.63) is 0 Å². The summed E-state index contributed by atoms with van der Waals surface area (Å²) in [6.45, 7) is 1.96. The molecular weight excluding hydrogens is 244 g/mol. The van der Waals surface area contributed by atoms with Crippen LogP contribution in [0.25, 0.3) is 0 Å².